The average Bonchev–Trinajstić information content (AvgIpc) is 3.21. The van der Waals surface area contributed by atoms with Crippen molar-refractivity contribution in [2.45, 2.75) is 45.8 Å². The van der Waals surface area contributed by atoms with Crippen molar-refractivity contribution in [3.05, 3.63) is 81.2 Å². The zero-order valence-electron chi connectivity index (χ0n) is 20.0. The van der Waals surface area contributed by atoms with Gasteiger partial charge in [0.1, 0.15) is 5.60 Å². The van der Waals surface area contributed by atoms with Crippen molar-refractivity contribution in [1.82, 2.24) is 15.1 Å². The lowest BCUT2D eigenvalue weighted by atomic mass is 9.85. The number of benzene rings is 2. The zero-order chi connectivity index (χ0) is 25.5. The van der Waals surface area contributed by atoms with Crippen molar-refractivity contribution >= 4 is 35.0 Å². The molecule has 1 aromatic heterocycles. The molecule has 0 aliphatic carbocycles. The fourth-order valence-electron chi connectivity index (χ4n) is 4.07. The van der Waals surface area contributed by atoms with Crippen LogP contribution < -0.4 is 15.9 Å². The lowest BCUT2D eigenvalue weighted by Gasteiger charge is -2.30. The first kappa shape index (κ1) is 24.3. The number of rotatable bonds is 4. The van der Waals surface area contributed by atoms with E-state index < -0.39 is 28.7 Å². The van der Waals surface area contributed by atoms with Crippen LogP contribution in [0.15, 0.2) is 64.5 Å². The summed E-state index contributed by atoms with van der Waals surface area (Å²) in [5.41, 5.74) is -1.79. The molecule has 2 N–H and O–H groups in total. The van der Waals surface area contributed by atoms with E-state index >= 15 is 0 Å². The second-order valence-electron chi connectivity index (χ2n) is 9.22. The van der Waals surface area contributed by atoms with Gasteiger partial charge in [0.25, 0.3) is 11.5 Å². The van der Waals surface area contributed by atoms with Crippen LogP contribution in [-0.2, 0) is 15.1 Å². The van der Waals surface area contributed by atoms with Gasteiger partial charge in [-0.15, -0.1) is 0 Å². The predicted octanol–water partition coefficient (Wildman–Crippen LogP) is 4.27. The number of aryl methyl sites for hydroxylation is 1. The van der Waals surface area contributed by atoms with Gasteiger partial charge < -0.3 is 4.74 Å². The highest BCUT2D eigenvalue weighted by Crippen LogP contribution is 2.35. The number of carbonyl (C=O) groups is 2. The van der Waals surface area contributed by atoms with Crippen molar-refractivity contribution in [2.24, 2.45) is 5.10 Å². The Balaban J connectivity index is 1.92. The molecular formula is C25H26ClN5O4. The molecule has 1 aliphatic rings. The maximum absolute atomic E-state index is 14.0. The van der Waals surface area contributed by atoms with E-state index in [1.54, 1.807) is 83.1 Å². The molecule has 0 bridgehead atoms. The number of ether oxygens (including phenoxy) is 1. The van der Waals surface area contributed by atoms with E-state index in [0.717, 1.165) is 0 Å². The number of anilines is 1. The minimum atomic E-state index is -1.90. The number of aromatic nitrogens is 2. The van der Waals surface area contributed by atoms with Crippen LogP contribution in [0.25, 0.3) is 5.69 Å². The molecule has 0 spiro atoms. The van der Waals surface area contributed by atoms with Gasteiger partial charge in [-0.2, -0.15) is 10.1 Å². The van der Waals surface area contributed by atoms with Gasteiger partial charge >= 0.3 is 6.09 Å². The molecule has 4 rings (SSSR count). The lowest BCUT2D eigenvalue weighted by molar-refractivity contribution is -0.122. The normalized spacial score (nSPS) is 17.9. The van der Waals surface area contributed by atoms with Crippen LogP contribution in [0.3, 0.4) is 0 Å². The van der Waals surface area contributed by atoms with Crippen LogP contribution in [0.1, 0.15) is 39.0 Å². The molecule has 2 heterocycles. The van der Waals surface area contributed by atoms with Gasteiger partial charge in [-0.05, 0) is 58.9 Å². The average molecular weight is 496 g/mol. The van der Waals surface area contributed by atoms with Crippen LogP contribution in [-0.4, -0.2) is 33.1 Å². The molecular weight excluding hydrogens is 470 g/mol. The highest BCUT2D eigenvalue weighted by Gasteiger charge is 2.56. The summed E-state index contributed by atoms with van der Waals surface area (Å²) in [7, 11) is 0. The number of aromatic amines is 1. The summed E-state index contributed by atoms with van der Waals surface area (Å²) >= 11 is 6.34. The van der Waals surface area contributed by atoms with Crippen molar-refractivity contribution in [2.75, 3.05) is 5.01 Å². The first-order valence-electron chi connectivity index (χ1n) is 11.0. The van der Waals surface area contributed by atoms with Gasteiger partial charge in [0, 0.05) is 5.69 Å². The first-order chi connectivity index (χ1) is 16.5. The molecule has 0 saturated carbocycles. The summed E-state index contributed by atoms with van der Waals surface area (Å²) in [6.07, 6.45) is -0.861. The Morgan fingerprint density at radius 2 is 1.69 bits per heavy atom. The fourth-order valence-corrected chi connectivity index (χ4v) is 4.29. The standard InChI is InChI=1S/C25H26ClN5O4/c1-15-20(21(32)31(28-15)19-14-10-9-13-18(19)26)25(27-23(34)35-24(3,4)5)16(2)29-30(22(25)33)17-11-7-6-8-12-17/h6-14,28H,1-5H3,(H,27,34)/t25-/m1/s1. The van der Waals surface area contributed by atoms with E-state index in [2.05, 4.69) is 15.5 Å². The van der Waals surface area contributed by atoms with Gasteiger partial charge in [0.15, 0.2) is 5.54 Å². The SMILES string of the molecule is CC1=NN(c2ccccc2)C(=O)[C@]1(NC(=O)OC(C)(C)C)c1c(C)[nH]n(-c2ccccc2Cl)c1=O. The van der Waals surface area contributed by atoms with Gasteiger partial charge in [0.05, 0.1) is 27.7 Å². The molecule has 35 heavy (non-hydrogen) atoms. The van der Waals surface area contributed by atoms with Crippen molar-refractivity contribution in [3.8, 4) is 5.69 Å². The summed E-state index contributed by atoms with van der Waals surface area (Å²) in [5, 5.41) is 11.6. The van der Waals surface area contributed by atoms with Gasteiger partial charge in [-0.1, -0.05) is 41.9 Å². The number of carbonyl (C=O) groups excluding carboxylic acids is 2. The Kier molecular flexibility index (Phi) is 6.06. The van der Waals surface area contributed by atoms with Crippen molar-refractivity contribution < 1.29 is 14.3 Å². The van der Waals surface area contributed by atoms with E-state index in [1.165, 1.54) is 9.69 Å². The largest absolute Gasteiger partial charge is 0.444 e. The Morgan fingerprint density at radius 1 is 1.06 bits per heavy atom. The van der Waals surface area contributed by atoms with Crippen LogP contribution >= 0.6 is 11.6 Å². The topological polar surface area (TPSA) is 109 Å². The summed E-state index contributed by atoms with van der Waals surface area (Å²) in [6.45, 7) is 8.36. The molecule has 0 saturated heterocycles. The maximum atomic E-state index is 14.0. The number of halogens is 1. The van der Waals surface area contributed by atoms with E-state index in [-0.39, 0.29) is 11.3 Å². The summed E-state index contributed by atoms with van der Waals surface area (Å²) < 4.78 is 6.71. The van der Waals surface area contributed by atoms with E-state index in [9.17, 15) is 14.4 Å². The molecule has 2 aromatic carbocycles. The van der Waals surface area contributed by atoms with Crippen LogP contribution in [0.5, 0.6) is 0 Å². The molecule has 0 radical (unpaired) electrons. The van der Waals surface area contributed by atoms with E-state index in [0.29, 0.717) is 22.1 Å². The molecule has 0 unspecified atom stereocenters. The molecule has 1 atom stereocenters. The number of amides is 2. The monoisotopic (exact) mass is 495 g/mol. The summed E-state index contributed by atoms with van der Waals surface area (Å²) in [5.74, 6) is -0.613. The quantitative estimate of drug-likeness (QED) is 0.563. The molecule has 3 aromatic rings. The number of para-hydroxylation sites is 2. The lowest BCUT2D eigenvalue weighted by Crippen LogP contribution is -2.59. The second kappa shape index (κ2) is 8.74. The molecule has 10 heteroatoms. The second-order valence-corrected chi connectivity index (χ2v) is 9.63. The number of nitrogens with one attached hydrogen (secondary N) is 2. The van der Waals surface area contributed by atoms with Crippen LogP contribution in [0, 0.1) is 6.92 Å². The minimum absolute atomic E-state index is 0.0213. The van der Waals surface area contributed by atoms with E-state index in [4.69, 9.17) is 16.3 Å². The van der Waals surface area contributed by atoms with Gasteiger partial charge in [-0.3, -0.25) is 20.0 Å². The Hall–Kier alpha value is -3.85. The van der Waals surface area contributed by atoms with Crippen molar-refractivity contribution in [3.63, 3.8) is 0 Å². The highest BCUT2D eigenvalue weighted by molar-refractivity contribution is 6.32. The minimum Gasteiger partial charge on any atom is -0.444 e. The number of H-pyrrole nitrogens is 1. The Labute approximate surface area is 207 Å². The smallest absolute Gasteiger partial charge is 0.409 e. The molecule has 2 amide bonds. The highest BCUT2D eigenvalue weighted by atomic mass is 35.5. The van der Waals surface area contributed by atoms with Gasteiger partial charge in [-0.25, -0.2) is 9.48 Å². The predicted molar refractivity (Wildman–Crippen MR) is 134 cm³/mol. The third-order valence-corrected chi connectivity index (χ3v) is 5.85. The molecule has 1 aliphatic heterocycles. The number of nitrogens with zero attached hydrogens (tertiary/aromatic N) is 3. The number of alkyl carbamates (subject to hydrolysis) is 1. The van der Waals surface area contributed by atoms with E-state index in [1.807, 2.05) is 6.07 Å². The third kappa shape index (κ3) is 4.23. The number of hydrogen-bond acceptors (Lipinski definition) is 5. The van der Waals surface area contributed by atoms with Gasteiger partial charge in [0.2, 0.25) is 0 Å². The number of hydrazone groups is 1. The van der Waals surface area contributed by atoms with Crippen LogP contribution in [0.2, 0.25) is 5.02 Å². The Morgan fingerprint density at radius 3 is 2.31 bits per heavy atom. The summed E-state index contributed by atoms with van der Waals surface area (Å²) in [4.78, 5) is 40.8. The zero-order valence-corrected chi connectivity index (χ0v) is 20.8. The summed E-state index contributed by atoms with van der Waals surface area (Å²) in [6, 6.07) is 15.6. The molecule has 182 valence electrons. The maximum Gasteiger partial charge on any atom is 0.409 e. The van der Waals surface area contributed by atoms with Crippen molar-refractivity contribution in [1.29, 1.82) is 0 Å². The molecule has 9 nitrogen and oxygen atoms in total. The third-order valence-electron chi connectivity index (χ3n) is 5.53. The number of hydrogen-bond donors (Lipinski definition) is 2. The first-order valence-corrected chi connectivity index (χ1v) is 11.4. The fraction of sp³-hybridized carbons (Fsp3) is 0.280. The molecule has 0 fully saturated rings. The van der Waals surface area contributed by atoms with Crippen LogP contribution in [0.4, 0.5) is 10.5 Å². The Bertz CT molecular complexity index is 1390.